The Bertz CT molecular complexity index is 345. The first-order valence-electron chi connectivity index (χ1n) is 4.00. The van der Waals surface area contributed by atoms with Crippen molar-refractivity contribution < 1.29 is 9.59 Å². The first-order chi connectivity index (χ1) is 6.16. The Morgan fingerprint density at radius 1 is 1.31 bits per heavy atom. The van der Waals surface area contributed by atoms with Crippen LogP contribution in [-0.2, 0) is 4.79 Å². The van der Waals surface area contributed by atoms with E-state index in [0.717, 1.165) is 5.56 Å². The summed E-state index contributed by atoms with van der Waals surface area (Å²) < 4.78 is 0. The molecule has 3 nitrogen and oxygen atoms in total. The molecule has 2 N–H and O–H groups in total. The fourth-order valence-electron chi connectivity index (χ4n) is 1.07. The molecule has 13 heavy (non-hydrogen) atoms. The molecule has 0 unspecified atom stereocenters. The average Bonchev–Trinajstić information content (AvgIpc) is 2.16. The van der Waals surface area contributed by atoms with E-state index in [4.69, 9.17) is 5.73 Å². The van der Waals surface area contributed by atoms with Crippen LogP contribution >= 0.6 is 0 Å². The standard InChI is InChI=1S/C10H11NO2/c1-7-4-2-3-5-8(7)10(13)9(12)6-11/h2-5H,6,11H2,1H3. The number of benzene rings is 1. The summed E-state index contributed by atoms with van der Waals surface area (Å²) >= 11 is 0. The number of hydrogen-bond acceptors (Lipinski definition) is 3. The molecular weight excluding hydrogens is 166 g/mol. The molecule has 0 amide bonds. The first-order valence-corrected chi connectivity index (χ1v) is 4.00. The van der Waals surface area contributed by atoms with Crippen LogP contribution in [0.2, 0.25) is 0 Å². The smallest absolute Gasteiger partial charge is 0.230 e. The van der Waals surface area contributed by atoms with E-state index in [2.05, 4.69) is 0 Å². The summed E-state index contributed by atoms with van der Waals surface area (Å²) in [6, 6.07) is 6.96. The number of ketones is 2. The summed E-state index contributed by atoms with van der Waals surface area (Å²) in [6.45, 7) is 1.56. The highest BCUT2D eigenvalue weighted by atomic mass is 16.2. The Kier molecular flexibility index (Phi) is 2.93. The van der Waals surface area contributed by atoms with Gasteiger partial charge in [-0.1, -0.05) is 24.3 Å². The van der Waals surface area contributed by atoms with Gasteiger partial charge in [-0.05, 0) is 12.5 Å². The van der Waals surface area contributed by atoms with Gasteiger partial charge in [0, 0.05) is 5.56 Å². The van der Waals surface area contributed by atoms with Gasteiger partial charge in [0.2, 0.25) is 11.6 Å². The van der Waals surface area contributed by atoms with Gasteiger partial charge in [-0.15, -0.1) is 0 Å². The molecule has 0 aromatic heterocycles. The van der Waals surface area contributed by atoms with Gasteiger partial charge >= 0.3 is 0 Å². The molecule has 1 aromatic carbocycles. The topological polar surface area (TPSA) is 60.2 Å². The Labute approximate surface area is 76.6 Å². The second-order valence-electron chi connectivity index (χ2n) is 2.77. The van der Waals surface area contributed by atoms with Crippen molar-refractivity contribution in [3.63, 3.8) is 0 Å². The fraction of sp³-hybridized carbons (Fsp3) is 0.200. The predicted molar refractivity (Wildman–Crippen MR) is 49.6 cm³/mol. The van der Waals surface area contributed by atoms with Crippen LogP contribution in [0.15, 0.2) is 24.3 Å². The monoisotopic (exact) mass is 177 g/mol. The van der Waals surface area contributed by atoms with Gasteiger partial charge in [-0.2, -0.15) is 0 Å². The highest BCUT2D eigenvalue weighted by Crippen LogP contribution is 2.07. The average molecular weight is 177 g/mol. The second-order valence-corrected chi connectivity index (χ2v) is 2.77. The van der Waals surface area contributed by atoms with Crippen LogP contribution < -0.4 is 5.73 Å². The lowest BCUT2D eigenvalue weighted by Gasteiger charge is -2.01. The quantitative estimate of drug-likeness (QED) is 0.546. The normalized spacial score (nSPS) is 9.69. The molecule has 0 heterocycles. The predicted octanol–water partition coefficient (Wildman–Crippen LogP) is 0.706. The SMILES string of the molecule is Cc1ccccc1C(=O)C(=O)CN. The van der Waals surface area contributed by atoms with Gasteiger partial charge in [0.15, 0.2) is 0 Å². The maximum absolute atomic E-state index is 11.4. The Hall–Kier alpha value is -1.48. The van der Waals surface area contributed by atoms with Gasteiger partial charge < -0.3 is 5.73 Å². The zero-order valence-corrected chi connectivity index (χ0v) is 7.41. The molecule has 0 saturated carbocycles. The minimum atomic E-state index is -0.547. The van der Waals surface area contributed by atoms with Crippen LogP contribution in [0.25, 0.3) is 0 Å². The van der Waals surface area contributed by atoms with Crippen molar-refractivity contribution in [2.45, 2.75) is 6.92 Å². The highest BCUT2D eigenvalue weighted by molar-refractivity contribution is 6.44. The largest absolute Gasteiger partial charge is 0.324 e. The molecule has 0 aliphatic heterocycles. The van der Waals surface area contributed by atoms with E-state index in [1.807, 2.05) is 6.07 Å². The van der Waals surface area contributed by atoms with Crippen LogP contribution in [0.5, 0.6) is 0 Å². The lowest BCUT2D eigenvalue weighted by molar-refractivity contribution is -0.113. The van der Waals surface area contributed by atoms with Crippen LogP contribution in [0, 0.1) is 6.92 Å². The number of carbonyl (C=O) groups is 2. The highest BCUT2D eigenvalue weighted by Gasteiger charge is 2.15. The third kappa shape index (κ3) is 2.00. The first kappa shape index (κ1) is 9.61. The third-order valence-corrected chi connectivity index (χ3v) is 1.83. The van der Waals surface area contributed by atoms with Crippen LogP contribution in [0.1, 0.15) is 15.9 Å². The van der Waals surface area contributed by atoms with Crippen molar-refractivity contribution in [1.82, 2.24) is 0 Å². The second kappa shape index (κ2) is 3.96. The number of carbonyl (C=O) groups excluding carboxylic acids is 2. The number of Topliss-reactive ketones (excluding diaryl/α,β-unsaturated/α-hetero) is 2. The van der Waals surface area contributed by atoms with Gasteiger partial charge in [0.1, 0.15) is 0 Å². The van der Waals surface area contributed by atoms with Crippen molar-refractivity contribution >= 4 is 11.6 Å². The Morgan fingerprint density at radius 2 is 1.92 bits per heavy atom. The summed E-state index contributed by atoms with van der Waals surface area (Å²) in [4.78, 5) is 22.4. The minimum Gasteiger partial charge on any atom is -0.324 e. The molecule has 1 rings (SSSR count). The molecule has 0 aliphatic carbocycles. The lowest BCUT2D eigenvalue weighted by Crippen LogP contribution is -2.23. The molecule has 68 valence electrons. The van der Waals surface area contributed by atoms with Gasteiger partial charge in [0.05, 0.1) is 6.54 Å². The number of nitrogens with two attached hydrogens (primary N) is 1. The zero-order valence-electron chi connectivity index (χ0n) is 7.41. The van der Waals surface area contributed by atoms with Crippen molar-refractivity contribution in [3.05, 3.63) is 35.4 Å². The zero-order chi connectivity index (χ0) is 9.84. The van der Waals surface area contributed by atoms with Gasteiger partial charge in [-0.3, -0.25) is 9.59 Å². The molecule has 0 fully saturated rings. The summed E-state index contributed by atoms with van der Waals surface area (Å²) in [7, 11) is 0. The van der Waals surface area contributed by atoms with Crippen molar-refractivity contribution in [2.24, 2.45) is 5.73 Å². The maximum Gasteiger partial charge on any atom is 0.230 e. The van der Waals surface area contributed by atoms with E-state index in [1.54, 1.807) is 25.1 Å². The molecular formula is C10H11NO2. The summed E-state index contributed by atoms with van der Waals surface area (Å²) in [5.74, 6) is -1.05. The molecule has 0 bridgehead atoms. The number of aryl methyl sites for hydroxylation is 1. The lowest BCUT2D eigenvalue weighted by atomic mass is 10.0. The molecule has 0 saturated heterocycles. The summed E-state index contributed by atoms with van der Waals surface area (Å²) in [5, 5.41) is 0. The van der Waals surface area contributed by atoms with E-state index in [9.17, 15) is 9.59 Å². The molecule has 3 heteroatoms. The van der Waals surface area contributed by atoms with Gasteiger partial charge in [-0.25, -0.2) is 0 Å². The van der Waals surface area contributed by atoms with E-state index >= 15 is 0 Å². The fourth-order valence-corrected chi connectivity index (χ4v) is 1.07. The van der Waals surface area contributed by atoms with E-state index < -0.39 is 11.6 Å². The van der Waals surface area contributed by atoms with Crippen molar-refractivity contribution in [1.29, 1.82) is 0 Å². The van der Waals surface area contributed by atoms with Crippen LogP contribution in [-0.4, -0.2) is 18.1 Å². The van der Waals surface area contributed by atoms with Crippen LogP contribution in [0.3, 0.4) is 0 Å². The number of rotatable bonds is 3. The third-order valence-electron chi connectivity index (χ3n) is 1.83. The Morgan fingerprint density at radius 3 is 2.46 bits per heavy atom. The van der Waals surface area contributed by atoms with Crippen LogP contribution in [0.4, 0.5) is 0 Å². The van der Waals surface area contributed by atoms with E-state index in [1.165, 1.54) is 0 Å². The van der Waals surface area contributed by atoms with E-state index in [0.29, 0.717) is 5.56 Å². The molecule has 0 atom stereocenters. The van der Waals surface area contributed by atoms with Gasteiger partial charge in [0.25, 0.3) is 0 Å². The Balaban J connectivity index is 3.02. The maximum atomic E-state index is 11.4. The molecule has 0 aliphatic rings. The summed E-state index contributed by atoms with van der Waals surface area (Å²) in [5.41, 5.74) is 6.33. The summed E-state index contributed by atoms with van der Waals surface area (Å²) in [6.07, 6.45) is 0. The van der Waals surface area contributed by atoms with E-state index in [-0.39, 0.29) is 6.54 Å². The van der Waals surface area contributed by atoms with Crippen molar-refractivity contribution in [2.75, 3.05) is 6.54 Å². The number of hydrogen-bond donors (Lipinski definition) is 1. The minimum absolute atomic E-state index is 0.229. The molecule has 0 radical (unpaired) electrons. The molecule has 1 aromatic rings. The van der Waals surface area contributed by atoms with Crippen molar-refractivity contribution in [3.8, 4) is 0 Å². The molecule has 0 spiro atoms.